The quantitative estimate of drug-likeness (QED) is 0.618. The lowest BCUT2D eigenvalue weighted by molar-refractivity contribution is 0.0733. The second kappa shape index (κ2) is 7.25. The molecule has 1 atom stereocenters. The van der Waals surface area contributed by atoms with Crippen LogP contribution in [0.3, 0.4) is 0 Å². The van der Waals surface area contributed by atoms with Gasteiger partial charge in [0, 0.05) is 31.2 Å². The van der Waals surface area contributed by atoms with E-state index in [0.29, 0.717) is 0 Å². The molecule has 0 N–H and O–H groups in total. The Hall–Kier alpha value is -2.63. The highest BCUT2D eigenvalue weighted by atomic mass is 16.2. The van der Waals surface area contributed by atoms with E-state index in [-0.39, 0.29) is 23.4 Å². The van der Waals surface area contributed by atoms with Gasteiger partial charge in [-0.15, -0.1) is 0 Å². The zero-order valence-electron chi connectivity index (χ0n) is 19.2. The first-order chi connectivity index (χ1) is 14.1. The number of hydrogen-bond acceptors (Lipinski definition) is 3. The van der Waals surface area contributed by atoms with Gasteiger partial charge in [0.05, 0.1) is 28.2 Å². The van der Waals surface area contributed by atoms with Crippen molar-refractivity contribution >= 4 is 16.9 Å². The van der Waals surface area contributed by atoms with E-state index in [1.165, 1.54) is 5.69 Å². The largest absolute Gasteiger partial charge is 0.353 e. The van der Waals surface area contributed by atoms with Crippen LogP contribution in [0.25, 0.3) is 11.0 Å². The third kappa shape index (κ3) is 3.32. The Morgan fingerprint density at radius 3 is 2.60 bits per heavy atom. The van der Waals surface area contributed by atoms with Gasteiger partial charge in [0.25, 0.3) is 5.91 Å². The van der Waals surface area contributed by atoms with Gasteiger partial charge in [-0.25, -0.2) is 9.67 Å². The van der Waals surface area contributed by atoms with Gasteiger partial charge in [-0.05, 0) is 64.7 Å². The van der Waals surface area contributed by atoms with E-state index in [2.05, 4.69) is 64.6 Å². The van der Waals surface area contributed by atoms with Crippen molar-refractivity contribution < 1.29 is 4.79 Å². The summed E-state index contributed by atoms with van der Waals surface area (Å²) >= 11 is 0. The van der Waals surface area contributed by atoms with Crippen molar-refractivity contribution in [2.45, 2.75) is 71.9 Å². The number of carbonyl (C=O) groups is 1. The van der Waals surface area contributed by atoms with Crippen molar-refractivity contribution in [3.8, 4) is 0 Å². The van der Waals surface area contributed by atoms with Gasteiger partial charge in [-0.2, -0.15) is 5.10 Å². The Balaban J connectivity index is 1.88. The summed E-state index contributed by atoms with van der Waals surface area (Å²) in [5.74, 6) is 0.316. The molecule has 30 heavy (non-hydrogen) atoms. The summed E-state index contributed by atoms with van der Waals surface area (Å²) in [4.78, 5) is 20.9. The first-order valence-corrected chi connectivity index (χ1v) is 10.9. The zero-order valence-corrected chi connectivity index (χ0v) is 19.2. The van der Waals surface area contributed by atoms with Crippen molar-refractivity contribution in [3.05, 3.63) is 47.0 Å². The molecule has 1 saturated heterocycles. The maximum Gasteiger partial charge on any atom is 0.255 e. The van der Waals surface area contributed by atoms with Gasteiger partial charge in [0.1, 0.15) is 0 Å². The molecule has 6 nitrogen and oxygen atoms in total. The lowest BCUT2D eigenvalue weighted by atomic mass is 10.0. The minimum Gasteiger partial charge on any atom is -0.353 e. The van der Waals surface area contributed by atoms with Crippen LogP contribution in [0.15, 0.2) is 24.4 Å². The Bertz CT molecular complexity index is 1100. The smallest absolute Gasteiger partial charge is 0.255 e. The standard InChI is InChI=1S/C24H33N5O/c1-15(2)18-14-17(21-16(3)26-29(22(21)25-18)24(4,5)6)23(30)28-13-9-11-20(28)19-10-8-12-27(19)7/h8,10,12,14-15,20H,9,11,13H2,1-7H3. The zero-order chi connectivity index (χ0) is 21.8. The van der Waals surface area contributed by atoms with E-state index >= 15 is 0 Å². The molecule has 3 aromatic heterocycles. The van der Waals surface area contributed by atoms with Crippen molar-refractivity contribution in [2.24, 2.45) is 7.05 Å². The number of likely N-dealkylation sites (tertiary alicyclic amines) is 1. The molecule has 6 heteroatoms. The Kier molecular flexibility index (Phi) is 4.99. The number of fused-ring (bicyclic) bond motifs is 1. The van der Waals surface area contributed by atoms with Crippen LogP contribution in [0, 0.1) is 6.92 Å². The fourth-order valence-corrected chi connectivity index (χ4v) is 4.53. The summed E-state index contributed by atoms with van der Waals surface area (Å²) in [6, 6.07) is 6.29. The maximum absolute atomic E-state index is 13.9. The first kappa shape index (κ1) is 20.6. The average Bonchev–Trinajstić information content (AvgIpc) is 3.38. The number of carbonyl (C=O) groups excluding carboxylic acids is 1. The van der Waals surface area contributed by atoms with Crippen LogP contribution in [0.2, 0.25) is 0 Å². The number of amides is 1. The molecule has 0 saturated carbocycles. The van der Waals surface area contributed by atoms with Crippen molar-refractivity contribution in [2.75, 3.05) is 6.54 Å². The molecule has 0 bridgehead atoms. The number of hydrogen-bond donors (Lipinski definition) is 0. The second-order valence-corrected chi connectivity index (χ2v) is 9.82. The second-order valence-electron chi connectivity index (χ2n) is 9.82. The van der Waals surface area contributed by atoms with Crippen LogP contribution < -0.4 is 0 Å². The molecule has 1 amide bonds. The summed E-state index contributed by atoms with van der Waals surface area (Å²) in [7, 11) is 2.05. The molecule has 0 spiro atoms. The van der Waals surface area contributed by atoms with Gasteiger partial charge >= 0.3 is 0 Å². The van der Waals surface area contributed by atoms with Crippen molar-refractivity contribution in [3.63, 3.8) is 0 Å². The van der Waals surface area contributed by atoms with Gasteiger partial charge in [-0.3, -0.25) is 4.79 Å². The van der Waals surface area contributed by atoms with Crippen LogP contribution in [0.1, 0.15) is 86.9 Å². The molecule has 0 radical (unpaired) electrons. The van der Waals surface area contributed by atoms with Gasteiger partial charge < -0.3 is 9.47 Å². The molecule has 4 rings (SSSR count). The molecular formula is C24H33N5O. The fourth-order valence-electron chi connectivity index (χ4n) is 4.53. The van der Waals surface area contributed by atoms with Crippen LogP contribution in [0.5, 0.6) is 0 Å². The van der Waals surface area contributed by atoms with Crippen LogP contribution >= 0.6 is 0 Å². The molecule has 1 fully saturated rings. The molecule has 1 unspecified atom stereocenters. The Labute approximate surface area is 178 Å². The third-order valence-corrected chi connectivity index (χ3v) is 6.13. The van der Waals surface area contributed by atoms with Crippen LogP contribution in [-0.2, 0) is 12.6 Å². The van der Waals surface area contributed by atoms with E-state index < -0.39 is 0 Å². The van der Waals surface area contributed by atoms with E-state index in [1.807, 2.05) is 22.6 Å². The highest BCUT2D eigenvalue weighted by Gasteiger charge is 2.34. The summed E-state index contributed by atoms with van der Waals surface area (Å²) in [5.41, 5.74) is 4.32. The minimum atomic E-state index is -0.214. The highest BCUT2D eigenvalue weighted by molar-refractivity contribution is 6.06. The SMILES string of the molecule is Cc1nn(C(C)(C)C)c2nc(C(C)C)cc(C(=O)N3CCCC3c3cccn3C)c12. The Morgan fingerprint density at radius 1 is 1.27 bits per heavy atom. The molecule has 1 aliphatic heterocycles. The number of aryl methyl sites for hydroxylation is 2. The predicted molar refractivity (Wildman–Crippen MR) is 120 cm³/mol. The molecule has 1 aliphatic rings. The van der Waals surface area contributed by atoms with Crippen LogP contribution in [0.4, 0.5) is 0 Å². The summed E-state index contributed by atoms with van der Waals surface area (Å²) < 4.78 is 4.10. The highest BCUT2D eigenvalue weighted by Crippen LogP contribution is 2.36. The third-order valence-electron chi connectivity index (χ3n) is 6.13. The van der Waals surface area contributed by atoms with Crippen molar-refractivity contribution in [1.82, 2.24) is 24.2 Å². The van der Waals surface area contributed by atoms with Gasteiger partial charge in [0.2, 0.25) is 0 Å². The van der Waals surface area contributed by atoms with E-state index in [9.17, 15) is 4.79 Å². The molecular weight excluding hydrogens is 374 g/mol. The van der Waals surface area contributed by atoms with Gasteiger partial charge in [-0.1, -0.05) is 13.8 Å². The molecule has 0 aromatic carbocycles. The average molecular weight is 408 g/mol. The molecule has 4 heterocycles. The topological polar surface area (TPSA) is 56.0 Å². The predicted octanol–water partition coefficient (Wildman–Crippen LogP) is 4.93. The van der Waals surface area contributed by atoms with E-state index in [1.54, 1.807) is 0 Å². The summed E-state index contributed by atoms with van der Waals surface area (Å²) in [5, 5.41) is 5.68. The Morgan fingerprint density at radius 2 is 2.00 bits per heavy atom. The van der Waals surface area contributed by atoms with Crippen LogP contribution in [-0.4, -0.2) is 36.7 Å². The number of rotatable bonds is 3. The lowest BCUT2D eigenvalue weighted by Gasteiger charge is -2.26. The minimum absolute atomic E-state index is 0.0876. The van der Waals surface area contributed by atoms with E-state index in [4.69, 9.17) is 10.1 Å². The number of pyridine rings is 1. The summed E-state index contributed by atoms with van der Waals surface area (Å²) in [6.07, 6.45) is 4.07. The lowest BCUT2D eigenvalue weighted by Crippen LogP contribution is -2.32. The first-order valence-electron chi connectivity index (χ1n) is 10.9. The molecule has 160 valence electrons. The maximum atomic E-state index is 13.9. The molecule has 3 aromatic rings. The monoisotopic (exact) mass is 407 g/mol. The van der Waals surface area contributed by atoms with E-state index in [0.717, 1.165) is 47.4 Å². The summed E-state index contributed by atoms with van der Waals surface area (Å²) in [6.45, 7) is 13.4. The number of nitrogens with zero attached hydrogens (tertiary/aromatic N) is 5. The van der Waals surface area contributed by atoms with Crippen molar-refractivity contribution in [1.29, 1.82) is 0 Å². The van der Waals surface area contributed by atoms with Gasteiger partial charge in [0.15, 0.2) is 5.65 Å². The molecule has 0 aliphatic carbocycles. The normalized spacial score (nSPS) is 17.5. The fraction of sp³-hybridized carbons (Fsp3) is 0.542. The number of aromatic nitrogens is 4.